The van der Waals surface area contributed by atoms with Gasteiger partial charge in [0.2, 0.25) is 5.89 Å². The third-order valence-electron chi connectivity index (χ3n) is 2.80. The van der Waals surface area contributed by atoms with E-state index in [0.717, 1.165) is 17.7 Å². The Balaban J connectivity index is 2.00. The molecular weight excluding hydrogens is 223 g/mol. The molecule has 0 saturated carbocycles. The van der Waals surface area contributed by atoms with Gasteiger partial charge in [-0.15, -0.1) is 5.10 Å². The maximum absolute atomic E-state index is 13.2. The first kappa shape index (κ1) is 10.2. The summed E-state index contributed by atoms with van der Waals surface area (Å²) in [6.45, 7) is 0.918. The molecule has 5 nitrogen and oxygen atoms in total. The molecule has 1 aliphatic heterocycles. The van der Waals surface area contributed by atoms with Crippen molar-refractivity contribution in [1.82, 2.24) is 10.2 Å². The van der Waals surface area contributed by atoms with E-state index in [1.165, 1.54) is 12.1 Å². The molecule has 88 valence electrons. The van der Waals surface area contributed by atoms with Gasteiger partial charge in [0, 0.05) is 6.54 Å². The lowest BCUT2D eigenvalue weighted by Gasteiger charge is -2.13. The second-order valence-corrected chi connectivity index (χ2v) is 3.86. The average molecular weight is 234 g/mol. The Hall–Kier alpha value is -1.95. The molecule has 0 radical (unpaired) electrons. The molecule has 0 bridgehead atoms. The first-order valence-corrected chi connectivity index (χ1v) is 5.36. The van der Waals surface area contributed by atoms with Crippen molar-refractivity contribution in [1.29, 1.82) is 0 Å². The first-order chi connectivity index (χ1) is 8.28. The third kappa shape index (κ3) is 1.66. The molecule has 0 fully saturated rings. The molecule has 1 aliphatic rings. The molecular formula is C11H11FN4O. The van der Waals surface area contributed by atoms with Crippen LogP contribution in [0.5, 0.6) is 0 Å². The van der Waals surface area contributed by atoms with E-state index in [2.05, 4.69) is 10.2 Å². The molecule has 1 aromatic heterocycles. The summed E-state index contributed by atoms with van der Waals surface area (Å²) in [5.74, 6) is 0.110. The summed E-state index contributed by atoms with van der Waals surface area (Å²) >= 11 is 0. The monoisotopic (exact) mass is 234 g/mol. The van der Waals surface area contributed by atoms with Crippen molar-refractivity contribution >= 4 is 11.7 Å². The van der Waals surface area contributed by atoms with Crippen molar-refractivity contribution in [2.75, 3.05) is 11.4 Å². The summed E-state index contributed by atoms with van der Waals surface area (Å²) in [5, 5.41) is 7.70. The maximum Gasteiger partial charge on any atom is 0.322 e. The van der Waals surface area contributed by atoms with Crippen LogP contribution in [-0.4, -0.2) is 16.7 Å². The third-order valence-corrected chi connectivity index (χ3v) is 2.80. The summed E-state index contributed by atoms with van der Waals surface area (Å²) < 4.78 is 18.6. The number of rotatable bonds is 2. The number of anilines is 2. The van der Waals surface area contributed by atoms with E-state index in [9.17, 15) is 4.39 Å². The largest absolute Gasteiger partial charge is 0.406 e. The van der Waals surface area contributed by atoms with Crippen LogP contribution in [0.1, 0.15) is 11.5 Å². The highest BCUT2D eigenvalue weighted by Crippen LogP contribution is 2.33. The summed E-state index contributed by atoms with van der Waals surface area (Å²) in [7, 11) is 0. The van der Waals surface area contributed by atoms with E-state index >= 15 is 0 Å². The quantitative estimate of drug-likeness (QED) is 0.849. The number of hydrogen-bond acceptors (Lipinski definition) is 5. The Bertz CT molecular complexity index is 554. The van der Waals surface area contributed by atoms with Crippen molar-refractivity contribution in [2.24, 2.45) is 5.73 Å². The number of halogens is 1. The number of benzene rings is 1. The minimum absolute atomic E-state index is 0.205. The highest BCUT2D eigenvalue weighted by Gasteiger charge is 2.24. The smallest absolute Gasteiger partial charge is 0.322 e. The van der Waals surface area contributed by atoms with Crippen LogP contribution >= 0.6 is 0 Å². The van der Waals surface area contributed by atoms with Gasteiger partial charge in [-0.1, -0.05) is 11.2 Å². The zero-order valence-electron chi connectivity index (χ0n) is 9.06. The van der Waals surface area contributed by atoms with Crippen LogP contribution in [0.3, 0.4) is 0 Å². The standard InChI is InChI=1S/C11H11FN4O/c12-8-2-1-7-3-4-16(9(7)5-8)11-15-14-10(6-13)17-11/h1-2,5H,3-4,6,13H2. The summed E-state index contributed by atoms with van der Waals surface area (Å²) in [6.07, 6.45) is 0.843. The van der Waals surface area contributed by atoms with Crippen LogP contribution in [0.2, 0.25) is 0 Å². The summed E-state index contributed by atoms with van der Waals surface area (Å²) in [6, 6.07) is 5.09. The van der Waals surface area contributed by atoms with Gasteiger partial charge in [0.1, 0.15) is 5.82 Å². The Morgan fingerprint density at radius 2 is 2.29 bits per heavy atom. The predicted octanol–water partition coefficient (Wildman–Crippen LogP) is 1.36. The lowest BCUT2D eigenvalue weighted by molar-refractivity contribution is 0.498. The molecule has 2 aromatic rings. The minimum Gasteiger partial charge on any atom is -0.406 e. The van der Waals surface area contributed by atoms with Gasteiger partial charge in [0.25, 0.3) is 0 Å². The Morgan fingerprint density at radius 1 is 1.41 bits per heavy atom. The zero-order valence-corrected chi connectivity index (χ0v) is 9.06. The van der Waals surface area contributed by atoms with Crippen LogP contribution in [0.25, 0.3) is 0 Å². The van der Waals surface area contributed by atoms with Crippen molar-refractivity contribution in [3.05, 3.63) is 35.5 Å². The normalized spacial score (nSPS) is 14.1. The van der Waals surface area contributed by atoms with Gasteiger partial charge < -0.3 is 10.2 Å². The molecule has 0 spiro atoms. The molecule has 1 aromatic carbocycles. The van der Waals surface area contributed by atoms with Gasteiger partial charge in [-0.3, -0.25) is 4.90 Å². The number of hydrogen-bond donors (Lipinski definition) is 1. The van der Waals surface area contributed by atoms with Crippen LogP contribution in [0.4, 0.5) is 16.1 Å². The zero-order chi connectivity index (χ0) is 11.8. The van der Waals surface area contributed by atoms with Gasteiger partial charge in [-0.25, -0.2) is 4.39 Å². The summed E-state index contributed by atoms with van der Waals surface area (Å²) in [5.41, 5.74) is 7.28. The predicted molar refractivity (Wildman–Crippen MR) is 59.3 cm³/mol. The van der Waals surface area contributed by atoms with Crippen molar-refractivity contribution < 1.29 is 8.81 Å². The van der Waals surface area contributed by atoms with Crippen LogP contribution in [-0.2, 0) is 13.0 Å². The van der Waals surface area contributed by atoms with Crippen LogP contribution in [0.15, 0.2) is 22.6 Å². The second-order valence-electron chi connectivity index (χ2n) is 3.86. The molecule has 0 unspecified atom stereocenters. The van der Waals surface area contributed by atoms with Crippen LogP contribution < -0.4 is 10.6 Å². The SMILES string of the molecule is NCc1nnc(N2CCc3ccc(F)cc32)o1. The number of aromatic nitrogens is 2. The van der Waals surface area contributed by atoms with E-state index in [0.29, 0.717) is 18.5 Å². The van der Waals surface area contributed by atoms with Gasteiger partial charge in [0.15, 0.2) is 0 Å². The highest BCUT2D eigenvalue weighted by molar-refractivity contribution is 5.64. The van der Waals surface area contributed by atoms with Crippen molar-refractivity contribution in [2.45, 2.75) is 13.0 Å². The Morgan fingerprint density at radius 3 is 3.06 bits per heavy atom. The molecule has 0 amide bonds. The van der Waals surface area contributed by atoms with Gasteiger partial charge >= 0.3 is 6.01 Å². The fourth-order valence-corrected chi connectivity index (χ4v) is 1.99. The van der Waals surface area contributed by atoms with Gasteiger partial charge in [-0.05, 0) is 24.1 Å². The highest BCUT2D eigenvalue weighted by atomic mass is 19.1. The van der Waals surface area contributed by atoms with E-state index in [-0.39, 0.29) is 12.4 Å². The minimum atomic E-state index is -0.269. The molecule has 6 heteroatoms. The molecule has 3 rings (SSSR count). The number of nitrogens with zero attached hydrogens (tertiary/aromatic N) is 3. The first-order valence-electron chi connectivity index (χ1n) is 5.36. The molecule has 0 saturated heterocycles. The lowest BCUT2D eigenvalue weighted by Crippen LogP contribution is -2.13. The fourth-order valence-electron chi connectivity index (χ4n) is 1.99. The van der Waals surface area contributed by atoms with Crippen LogP contribution in [0, 0.1) is 5.82 Å². The molecule has 2 N–H and O–H groups in total. The molecule has 0 aliphatic carbocycles. The van der Waals surface area contributed by atoms with E-state index in [1.807, 2.05) is 4.90 Å². The van der Waals surface area contributed by atoms with Gasteiger partial charge in [0.05, 0.1) is 12.2 Å². The van der Waals surface area contributed by atoms with E-state index in [1.54, 1.807) is 6.07 Å². The maximum atomic E-state index is 13.2. The molecule has 17 heavy (non-hydrogen) atoms. The van der Waals surface area contributed by atoms with Crippen molar-refractivity contribution in [3.8, 4) is 0 Å². The number of nitrogens with two attached hydrogens (primary N) is 1. The van der Waals surface area contributed by atoms with Gasteiger partial charge in [-0.2, -0.15) is 0 Å². The fraction of sp³-hybridized carbons (Fsp3) is 0.273. The topological polar surface area (TPSA) is 68.2 Å². The Labute approximate surface area is 97.0 Å². The Kier molecular flexibility index (Phi) is 2.29. The van der Waals surface area contributed by atoms with Crippen molar-refractivity contribution in [3.63, 3.8) is 0 Å². The second kappa shape index (κ2) is 3.81. The number of fused-ring (bicyclic) bond motifs is 1. The molecule has 2 heterocycles. The lowest BCUT2D eigenvalue weighted by atomic mass is 10.2. The van der Waals surface area contributed by atoms with E-state index in [4.69, 9.17) is 10.2 Å². The molecule has 0 atom stereocenters. The average Bonchev–Trinajstić information content (AvgIpc) is 2.93. The van der Waals surface area contributed by atoms with E-state index < -0.39 is 0 Å². The summed E-state index contributed by atoms with van der Waals surface area (Å²) in [4.78, 5) is 1.81.